The second kappa shape index (κ2) is 19.3. The Labute approximate surface area is 230 Å². The van der Waals surface area contributed by atoms with Crippen molar-refractivity contribution in [3.8, 4) is 0 Å². The fourth-order valence-electron chi connectivity index (χ4n) is 4.99. The molecular weight excluding hydrogens is 478 g/mol. The fourth-order valence-corrected chi connectivity index (χ4v) is 5.95. The first kappa shape index (κ1) is 31.5. The highest BCUT2D eigenvalue weighted by molar-refractivity contribution is 7.99. The van der Waals surface area contributed by atoms with Gasteiger partial charge in [0.25, 0.3) is 0 Å². The number of benzene rings is 1. The molecule has 0 aromatic heterocycles. The second-order valence-electron chi connectivity index (χ2n) is 10.7. The monoisotopic (exact) mass is 529 g/mol. The van der Waals surface area contributed by atoms with Gasteiger partial charge in [-0.1, -0.05) is 120 Å². The first-order chi connectivity index (χ1) is 18.0. The van der Waals surface area contributed by atoms with E-state index in [1.54, 1.807) is 6.08 Å². The van der Waals surface area contributed by atoms with Crippen LogP contribution >= 0.6 is 11.8 Å². The third-order valence-corrected chi connectivity index (χ3v) is 8.51. The van der Waals surface area contributed by atoms with Crippen LogP contribution in [0.15, 0.2) is 30.3 Å². The molecule has 0 saturated heterocycles. The van der Waals surface area contributed by atoms with Crippen LogP contribution in [0.2, 0.25) is 0 Å². The van der Waals surface area contributed by atoms with Crippen LogP contribution in [0, 0.1) is 6.92 Å². The largest absolute Gasteiger partial charge is 0.479 e. The molecule has 1 heterocycles. The molecule has 0 radical (unpaired) electrons. The normalized spacial score (nSPS) is 15.2. The summed E-state index contributed by atoms with van der Waals surface area (Å²) in [4.78, 5) is 26.1. The van der Waals surface area contributed by atoms with Crippen molar-refractivity contribution < 1.29 is 14.7 Å². The average molecular weight is 530 g/mol. The van der Waals surface area contributed by atoms with E-state index in [-0.39, 0.29) is 5.91 Å². The van der Waals surface area contributed by atoms with Crippen molar-refractivity contribution in [3.63, 3.8) is 0 Å². The van der Waals surface area contributed by atoms with E-state index < -0.39 is 12.0 Å². The minimum Gasteiger partial charge on any atom is -0.479 e. The number of carbonyl (C=O) groups is 2. The number of carboxylic acids is 1. The van der Waals surface area contributed by atoms with E-state index in [2.05, 4.69) is 6.92 Å². The Kier molecular flexibility index (Phi) is 16.4. The van der Waals surface area contributed by atoms with Crippen molar-refractivity contribution in [1.82, 2.24) is 4.90 Å². The first-order valence-electron chi connectivity index (χ1n) is 14.9. The highest BCUT2D eigenvalue weighted by Crippen LogP contribution is 2.27. The van der Waals surface area contributed by atoms with E-state index >= 15 is 0 Å². The van der Waals surface area contributed by atoms with Gasteiger partial charge in [0.2, 0.25) is 5.91 Å². The van der Waals surface area contributed by atoms with Gasteiger partial charge in [-0.25, -0.2) is 4.79 Å². The standard InChI is InChI=1S/C32H51NO3S/c1-3-4-5-6-7-8-9-10-11-12-13-14-15-16-23-37-24-17-18-31(34)33-26-29(25-30(33)32(35)36)28-21-19-27(2)20-22-28/h19-22,25,30H,3-18,23-24,26H2,1-2H3,(H,35,36)/t30-/m0/s1. The first-order valence-corrected chi connectivity index (χ1v) is 16.1. The number of carboxylic acid groups (broad SMARTS) is 1. The molecule has 0 spiro atoms. The molecule has 1 amide bonds. The van der Waals surface area contributed by atoms with Crippen LogP contribution in [0.25, 0.3) is 5.57 Å². The number of hydrogen-bond acceptors (Lipinski definition) is 3. The Balaban J connectivity index is 1.45. The van der Waals surface area contributed by atoms with Crippen molar-refractivity contribution in [2.45, 2.75) is 123 Å². The molecule has 37 heavy (non-hydrogen) atoms. The summed E-state index contributed by atoms with van der Waals surface area (Å²) >= 11 is 1.93. The number of thioether (sulfide) groups is 1. The van der Waals surface area contributed by atoms with Crippen molar-refractivity contribution in [1.29, 1.82) is 0 Å². The van der Waals surface area contributed by atoms with Crippen LogP contribution in [0.3, 0.4) is 0 Å². The average Bonchev–Trinajstić information content (AvgIpc) is 3.34. The number of hydrogen-bond donors (Lipinski definition) is 1. The van der Waals surface area contributed by atoms with E-state index in [0.717, 1.165) is 34.6 Å². The van der Waals surface area contributed by atoms with Gasteiger partial charge in [-0.2, -0.15) is 11.8 Å². The maximum atomic E-state index is 12.8. The zero-order valence-electron chi connectivity index (χ0n) is 23.5. The topological polar surface area (TPSA) is 57.6 Å². The minimum atomic E-state index is -0.956. The number of nitrogens with zero attached hydrogens (tertiary/aromatic N) is 1. The number of rotatable bonds is 21. The van der Waals surface area contributed by atoms with Crippen LogP contribution in [-0.2, 0) is 9.59 Å². The van der Waals surface area contributed by atoms with E-state index in [1.807, 2.05) is 43.0 Å². The molecule has 1 aromatic carbocycles. The number of unbranched alkanes of at least 4 members (excludes halogenated alkanes) is 13. The van der Waals surface area contributed by atoms with Gasteiger partial charge in [0.1, 0.15) is 6.04 Å². The lowest BCUT2D eigenvalue weighted by Gasteiger charge is -2.22. The fraction of sp³-hybridized carbons (Fsp3) is 0.688. The molecule has 1 aliphatic heterocycles. The van der Waals surface area contributed by atoms with Crippen molar-refractivity contribution in [3.05, 3.63) is 41.5 Å². The van der Waals surface area contributed by atoms with Crippen LogP contribution in [0.1, 0.15) is 121 Å². The Bertz CT molecular complexity index is 805. The Morgan fingerprint density at radius 2 is 1.32 bits per heavy atom. The molecular formula is C32H51NO3S. The summed E-state index contributed by atoms with van der Waals surface area (Å²) in [5.74, 6) is 1.12. The highest BCUT2D eigenvalue weighted by atomic mass is 32.2. The molecule has 0 unspecified atom stereocenters. The van der Waals surface area contributed by atoms with E-state index in [4.69, 9.17) is 0 Å². The molecule has 0 aliphatic carbocycles. The third kappa shape index (κ3) is 13.0. The van der Waals surface area contributed by atoms with Gasteiger partial charge in [0, 0.05) is 13.0 Å². The number of carbonyl (C=O) groups excluding carboxylic acids is 1. The lowest BCUT2D eigenvalue weighted by molar-refractivity contribution is -0.146. The summed E-state index contributed by atoms with van der Waals surface area (Å²) in [5.41, 5.74) is 3.08. The van der Waals surface area contributed by atoms with Gasteiger partial charge in [-0.3, -0.25) is 4.79 Å². The Morgan fingerprint density at radius 1 is 0.811 bits per heavy atom. The molecule has 4 nitrogen and oxygen atoms in total. The summed E-state index contributed by atoms with van der Waals surface area (Å²) in [5, 5.41) is 9.63. The van der Waals surface area contributed by atoms with Gasteiger partial charge in [0.15, 0.2) is 0 Å². The van der Waals surface area contributed by atoms with Crippen molar-refractivity contribution in [2.24, 2.45) is 0 Å². The van der Waals surface area contributed by atoms with Crippen LogP contribution in [0.5, 0.6) is 0 Å². The molecule has 0 fully saturated rings. The second-order valence-corrected chi connectivity index (χ2v) is 11.9. The smallest absolute Gasteiger partial charge is 0.330 e. The van der Waals surface area contributed by atoms with Crippen LogP contribution < -0.4 is 0 Å². The van der Waals surface area contributed by atoms with Gasteiger partial charge < -0.3 is 10.0 Å². The maximum absolute atomic E-state index is 12.8. The van der Waals surface area contributed by atoms with Gasteiger partial charge in [-0.05, 0) is 48.5 Å². The Hall–Kier alpha value is -1.75. The summed E-state index contributed by atoms with van der Waals surface area (Å²) in [6, 6.07) is 7.19. The molecule has 1 aliphatic rings. The Morgan fingerprint density at radius 3 is 1.86 bits per heavy atom. The summed E-state index contributed by atoms with van der Waals surface area (Å²) in [6.45, 7) is 4.69. The highest BCUT2D eigenvalue weighted by Gasteiger charge is 2.33. The zero-order valence-corrected chi connectivity index (χ0v) is 24.3. The van der Waals surface area contributed by atoms with Gasteiger partial charge in [0.05, 0.1) is 0 Å². The predicted molar refractivity (Wildman–Crippen MR) is 159 cm³/mol. The van der Waals surface area contributed by atoms with E-state index in [1.165, 1.54) is 94.8 Å². The van der Waals surface area contributed by atoms with Crippen molar-refractivity contribution in [2.75, 3.05) is 18.1 Å². The molecule has 0 saturated carbocycles. The summed E-state index contributed by atoms with van der Waals surface area (Å²) < 4.78 is 0. The lowest BCUT2D eigenvalue weighted by Crippen LogP contribution is -2.40. The number of aliphatic carboxylic acids is 1. The molecule has 1 aromatic rings. The van der Waals surface area contributed by atoms with Crippen LogP contribution in [-0.4, -0.2) is 46.0 Å². The lowest BCUT2D eigenvalue weighted by atomic mass is 10.0. The molecule has 5 heteroatoms. The summed E-state index contributed by atoms with van der Waals surface area (Å²) in [7, 11) is 0. The molecule has 1 N–H and O–H groups in total. The van der Waals surface area contributed by atoms with E-state index in [0.29, 0.717) is 13.0 Å². The van der Waals surface area contributed by atoms with E-state index in [9.17, 15) is 14.7 Å². The quantitative estimate of drug-likeness (QED) is 0.162. The number of amides is 1. The molecule has 1 atom stereocenters. The van der Waals surface area contributed by atoms with Gasteiger partial charge >= 0.3 is 5.97 Å². The maximum Gasteiger partial charge on any atom is 0.330 e. The minimum absolute atomic E-state index is 0.0529. The third-order valence-electron chi connectivity index (χ3n) is 7.35. The van der Waals surface area contributed by atoms with Crippen molar-refractivity contribution >= 4 is 29.2 Å². The molecule has 0 bridgehead atoms. The van der Waals surface area contributed by atoms with Gasteiger partial charge in [-0.15, -0.1) is 0 Å². The van der Waals surface area contributed by atoms with Crippen LogP contribution in [0.4, 0.5) is 0 Å². The molecule has 2 rings (SSSR count). The predicted octanol–water partition coefficient (Wildman–Crippen LogP) is 8.67. The zero-order chi connectivity index (χ0) is 26.7. The SMILES string of the molecule is CCCCCCCCCCCCCCCCSCCCC(=O)N1CC(c2ccc(C)cc2)=C[C@H]1C(=O)O. The number of aryl methyl sites for hydroxylation is 1. The molecule has 208 valence electrons. The summed E-state index contributed by atoms with van der Waals surface area (Å²) in [6.07, 6.45) is 22.3.